The van der Waals surface area contributed by atoms with Crippen molar-refractivity contribution in [2.45, 2.75) is 25.8 Å². The first-order valence-electron chi connectivity index (χ1n) is 6.69. The highest BCUT2D eigenvalue weighted by Crippen LogP contribution is 2.22. The molecule has 5 nitrogen and oxygen atoms in total. The average molecular weight is 248 g/mol. The molecule has 18 heavy (non-hydrogen) atoms. The van der Waals surface area contributed by atoms with Gasteiger partial charge in [0.1, 0.15) is 5.69 Å². The molecule has 2 aliphatic rings. The van der Waals surface area contributed by atoms with Gasteiger partial charge in [0.15, 0.2) is 0 Å². The maximum absolute atomic E-state index is 12.5. The third-order valence-corrected chi connectivity index (χ3v) is 4.10. The van der Waals surface area contributed by atoms with Crippen molar-refractivity contribution >= 4 is 5.91 Å². The summed E-state index contributed by atoms with van der Waals surface area (Å²) in [5, 5.41) is 4.25. The molecule has 5 heteroatoms. The van der Waals surface area contributed by atoms with Crippen LogP contribution in [0.4, 0.5) is 0 Å². The molecule has 0 spiro atoms. The van der Waals surface area contributed by atoms with Gasteiger partial charge < -0.3 is 4.90 Å². The highest BCUT2D eigenvalue weighted by Gasteiger charge is 2.33. The molecule has 0 N–H and O–H groups in total. The lowest BCUT2D eigenvalue weighted by molar-refractivity contribution is 0.0561. The number of aromatic nitrogens is 2. The number of hydrogen-bond donors (Lipinski definition) is 0. The van der Waals surface area contributed by atoms with Crippen molar-refractivity contribution in [3.8, 4) is 0 Å². The molecule has 0 saturated carbocycles. The zero-order chi connectivity index (χ0) is 12.7. The van der Waals surface area contributed by atoms with E-state index in [0.717, 1.165) is 25.3 Å². The molecule has 1 aromatic heterocycles. The lowest BCUT2D eigenvalue weighted by Crippen LogP contribution is -2.52. The van der Waals surface area contributed by atoms with E-state index in [2.05, 4.69) is 10.00 Å². The van der Waals surface area contributed by atoms with Crippen LogP contribution in [-0.2, 0) is 7.05 Å². The molecule has 0 radical (unpaired) electrons. The lowest BCUT2D eigenvalue weighted by atomic mass is 10.1. The van der Waals surface area contributed by atoms with E-state index < -0.39 is 0 Å². The molecule has 2 saturated heterocycles. The van der Waals surface area contributed by atoms with Gasteiger partial charge >= 0.3 is 0 Å². The molecule has 3 heterocycles. The molecule has 1 atom stereocenters. The molecule has 2 aliphatic heterocycles. The van der Waals surface area contributed by atoms with Crippen LogP contribution in [0.3, 0.4) is 0 Å². The SMILES string of the molecule is Cc1cc(C(=O)N2CCN3CCCC3C2)n(C)n1. The molecular weight excluding hydrogens is 228 g/mol. The van der Waals surface area contributed by atoms with E-state index in [-0.39, 0.29) is 5.91 Å². The minimum atomic E-state index is 0.129. The lowest BCUT2D eigenvalue weighted by Gasteiger charge is -2.37. The Morgan fingerprint density at radius 1 is 1.39 bits per heavy atom. The minimum Gasteiger partial charge on any atom is -0.334 e. The molecule has 0 bridgehead atoms. The second-order valence-corrected chi connectivity index (χ2v) is 5.38. The normalized spacial score (nSPS) is 24.3. The van der Waals surface area contributed by atoms with Crippen molar-refractivity contribution in [3.63, 3.8) is 0 Å². The Morgan fingerprint density at radius 2 is 2.22 bits per heavy atom. The Bertz CT molecular complexity index is 468. The first kappa shape index (κ1) is 11.7. The number of carbonyl (C=O) groups is 1. The van der Waals surface area contributed by atoms with Gasteiger partial charge in [-0.2, -0.15) is 5.10 Å². The zero-order valence-corrected chi connectivity index (χ0v) is 11.1. The van der Waals surface area contributed by atoms with Gasteiger partial charge in [0.05, 0.1) is 5.69 Å². The van der Waals surface area contributed by atoms with E-state index in [1.165, 1.54) is 19.4 Å². The number of rotatable bonds is 1. The topological polar surface area (TPSA) is 41.4 Å². The second-order valence-electron chi connectivity index (χ2n) is 5.38. The predicted octanol–water partition coefficient (Wildman–Crippen LogP) is 0.649. The second kappa shape index (κ2) is 4.39. The van der Waals surface area contributed by atoms with Crippen LogP contribution in [0.2, 0.25) is 0 Å². The fourth-order valence-electron chi connectivity index (χ4n) is 3.15. The number of carbonyl (C=O) groups excluding carboxylic acids is 1. The van der Waals surface area contributed by atoms with Crippen LogP contribution in [-0.4, -0.2) is 57.7 Å². The Hall–Kier alpha value is -1.36. The molecular formula is C13H20N4O. The number of hydrogen-bond acceptors (Lipinski definition) is 3. The molecule has 3 rings (SSSR count). The largest absolute Gasteiger partial charge is 0.334 e. The van der Waals surface area contributed by atoms with Gasteiger partial charge in [-0.05, 0) is 32.4 Å². The summed E-state index contributed by atoms with van der Waals surface area (Å²) >= 11 is 0. The number of nitrogens with zero attached hydrogens (tertiary/aromatic N) is 4. The Morgan fingerprint density at radius 3 is 2.94 bits per heavy atom. The van der Waals surface area contributed by atoms with Crippen molar-refractivity contribution < 1.29 is 4.79 Å². The van der Waals surface area contributed by atoms with E-state index in [1.54, 1.807) is 4.68 Å². The van der Waals surface area contributed by atoms with Crippen LogP contribution in [0.15, 0.2) is 6.07 Å². The molecule has 0 aromatic carbocycles. The molecule has 98 valence electrons. The fourth-order valence-corrected chi connectivity index (χ4v) is 3.15. The van der Waals surface area contributed by atoms with Gasteiger partial charge in [-0.25, -0.2) is 0 Å². The number of fused-ring (bicyclic) bond motifs is 1. The summed E-state index contributed by atoms with van der Waals surface area (Å²) in [5.41, 5.74) is 1.61. The molecule has 0 aliphatic carbocycles. The third-order valence-electron chi connectivity index (χ3n) is 4.10. The van der Waals surface area contributed by atoms with Crippen LogP contribution >= 0.6 is 0 Å². The van der Waals surface area contributed by atoms with Gasteiger partial charge in [0, 0.05) is 32.7 Å². The van der Waals surface area contributed by atoms with Crippen LogP contribution < -0.4 is 0 Å². The summed E-state index contributed by atoms with van der Waals surface area (Å²) in [6, 6.07) is 2.46. The summed E-state index contributed by atoms with van der Waals surface area (Å²) in [5.74, 6) is 0.129. The van der Waals surface area contributed by atoms with E-state index in [4.69, 9.17) is 0 Å². The summed E-state index contributed by atoms with van der Waals surface area (Å²) < 4.78 is 1.69. The van der Waals surface area contributed by atoms with Crippen molar-refractivity contribution in [3.05, 3.63) is 17.5 Å². The van der Waals surface area contributed by atoms with Crippen LogP contribution in [0.5, 0.6) is 0 Å². The van der Waals surface area contributed by atoms with Crippen molar-refractivity contribution in [2.75, 3.05) is 26.2 Å². The smallest absolute Gasteiger partial charge is 0.272 e. The molecule has 1 unspecified atom stereocenters. The van der Waals surface area contributed by atoms with E-state index in [0.29, 0.717) is 11.7 Å². The monoisotopic (exact) mass is 248 g/mol. The first-order chi connectivity index (χ1) is 8.65. The van der Waals surface area contributed by atoms with Gasteiger partial charge in [0.2, 0.25) is 0 Å². The van der Waals surface area contributed by atoms with Crippen molar-refractivity contribution in [1.29, 1.82) is 0 Å². The predicted molar refractivity (Wildman–Crippen MR) is 68.4 cm³/mol. The number of piperazine rings is 1. The Labute approximate surface area is 107 Å². The Balaban J connectivity index is 1.75. The van der Waals surface area contributed by atoms with E-state index in [1.807, 2.05) is 24.9 Å². The third kappa shape index (κ3) is 1.92. The highest BCUT2D eigenvalue weighted by molar-refractivity contribution is 5.92. The maximum atomic E-state index is 12.5. The average Bonchev–Trinajstić information content (AvgIpc) is 2.93. The Kier molecular flexibility index (Phi) is 2.86. The van der Waals surface area contributed by atoms with Crippen LogP contribution in [0.25, 0.3) is 0 Å². The highest BCUT2D eigenvalue weighted by atomic mass is 16.2. The maximum Gasteiger partial charge on any atom is 0.272 e. The minimum absolute atomic E-state index is 0.129. The van der Waals surface area contributed by atoms with Gasteiger partial charge in [0.25, 0.3) is 5.91 Å². The van der Waals surface area contributed by atoms with Crippen molar-refractivity contribution in [1.82, 2.24) is 19.6 Å². The summed E-state index contributed by atoms with van der Waals surface area (Å²) in [7, 11) is 1.84. The summed E-state index contributed by atoms with van der Waals surface area (Å²) in [4.78, 5) is 17.0. The standard InChI is InChI=1S/C13H20N4O/c1-10-8-12(15(2)14-10)13(18)17-7-6-16-5-3-4-11(16)9-17/h8,11H,3-7,9H2,1-2H3. The van der Waals surface area contributed by atoms with Crippen LogP contribution in [0.1, 0.15) is 29.0 Å². The van der Waals surface area contributed by atoms with E-state index in [9.17, 15) is 4.79 Å². The van der Waals surface area contributed by atoms with Crippen LogP contribution in [0, 0.1) is 6.92 Å². The van der Waals surface area contributed by atoms with Gasteiger partial charge in [-0.15, -0.1) is 0 Å². The fraction of sp³-hybridized carbons (Fsp3) is 0.692. The van der Waals surface area contributed by atoms with Crippen molar-refractivity contribution in [2.24, 2.45) is 7.05 Å². The quantitative estimate of drug-likeness (QED) is 0.732. The zero-order valence-electron chi connectivity index (χ0n) is 11.1. The summed E-state index contributed by atoms with van der Waals surface area (Å²) in [6.07, 6.45) is 2.51. The van der Waals surface area contributed by atoms with Gasteiger partial charge in [-0.1, -0.05) is 0 Å². The molecule has 1 amide bonds. The first-order valence-corrected chi connectivity index (χ1v) is 6.69. The molecule has 2 fully saturated rings. The summed E-state index contributed by atoms with van der Waals surface area (Å²) in [6.45, 7) is 5.87. The van der Waals surface area contributed by atoms with Gasteiger partial charge in [-0.3, -0.25) is 14.4 Å². The number of aryl methyl sites for hydroxylation is 2. The van der Waals surface area contributed by atoms with E-state index >= 15 is 0 Å². The molecule has 1 aromatic rings. The number of amides is 1.